The van der Waals surface area contributed by atoms with Crippen LogP contribution in [0.1, 0.15) is 43.7 Å². The summed E-state index contributed by atoms with van der Waals surface area (Å²) in [6.45, 7) is 0.404. The lowest BCUT2D eigenvalue weighted by Gasteiger charge is -2.25. The lowest BCUT2D eigenvalue weighted by atomic mass is 9.95. The predicted molar refractivity (Wildman–Crippen MR) is 113 cm³/mol. The van der Waals surface area contributed by atoms with E-state index < -0.39 is 0 Å². The van der Waals surface area contributed by atoms with Crippen LogP contribution in [0.15, 0.2) is 56.5 Å². The minimum Gasteiger partial charge on any atom is -0.289 e. The van der Waals surface area contributed by atoms with Crippen LogP contribution in [0.2, 0.25) is 5.02 Å². The van der Waals surface area contributed by atoms with Crippen LogP contribution in [-0.4, -0.2) is 9.13 Å². The zero-order valence-corrected chi connectivity index (χ0v) is 17.2. The second kappa shape index (κ2) is 7.64. The van der Waals surface area contributed by atoms with Crippen molar-refractivity contribution in [3.63, 3.8) is 0 Å². The van der Waals surface area contributed by atoms with Crippen molar-refractivity contribution in [1.82, 2.24) is 9.13 Å². The maximum Gasteiger partial charge on any atom is 0.332 e. The third kappa shape index (κ3) is 3.63. The summed E-state index contributed by atoms with van der Waals surface area (Å²) in [4.78, 5) is 26.5. The van der Waals surface area contributed by atoms with Gasteiger partial charge in [0.25, 0.3) is 5.56 Å². The summed E-state index contributed by atoms with van der Waals surface area (Å²) in [5, 5.41) is 1.23. The van der Waals surface area contributed by atoms with E-state index in [2.05, 4.69) is 15.9 Å². The minimum absolute atomic E-state index is 0.0152. The zero-order valence-electron chi connectivity index (χ0n) is 14.8. The summed E-state index contributed by atoms with van der Waals surface area (Å²) >= 11 is 9.44. The number of halogens is 2. The molecule has 4 nitrogen and oxygen atoms in total. The molecule has 1 aromatic heterocycles. The highest BCUT2D eigenvalue weighted by molar-refractivity contribution is 9.10. The van der Waals surface area contributed by atoms with Crippen molar-refractivity contribution in [3.05, 3.63) is 78.4 Å². The molecule has 0 aliphatic heterocycles. The van der Waals surface area contributed by atoms with Crippen LogP contribution in [0.5, 0.6) is 0 Å². The Morgan fingerprint density at radius 1 is 1.00 bits per heavy atom. The summed E-state index contributed by atoms with van der Waals surface area (Å²) in [5.41, 5.74) is 1.22. The van der Waals surface area contributed by atoms with Crippen LogP contribution in [0.25, 0.3) is 10.9 Å². The van der Waals surface area contributed by atoms with Crippen LogP contribution >= 0.6 is 27.5 Å². The Balaban J connectivity index is 1.94. The average Bonchev–Trinajstić information content (AvgIpc) is 2.68. The number of aromatic nitrogens is 2. The quantitative estimate of drug-likeness (QED) is 0.558. The first kappa shape index (κ1) is 18.5. The molecule has 6 heteroatoms. The summed E-state index contributed by atoms with van der Waals surface area (Å²) in [6.07, 6.45) is 5.06. The fraction of sp³-hybridized carbons (Fsp3) is 0.333. The van der Waals surface area contributed by atoms with Crippen molar-refractivity contribution in [3.8, 4) is 0 Å². The largest absolute Gasteiger partial charge is 0.332 e. The second-order valence-electron chi connectivity index (χ2n) is 7.12. The molecule has 0 bridgehead atoms. The molecule has 3 aromatic rings. The molecule has 0 N–H and O–H groups in total. The molecule has 1 aliphatic carbocycles. The normalized spacial score (nSPS) is 15.3. The number of rotatable bonds is 3. The molecule has 0 saturated heterocycles. The van der Waals surface area contributed by atoms with Crippen LogP contribution in [0.3, 0.4) is 0 Å². The molecule has 0 amide bonds. The molecule has 0 spiro atoms. The molecule has 0 atom stereocenters. The standard InChI is InChI=1S/C21H20BrClN2O2/c22-15-8-11-19-18(12-15)20(26)25(17-4-2-1-3-5-17)21(27)24(19)13-14-6-9-16(23)10-7-14/h6-12,17H,1-5,13H2. The van der Waals surface area contributed by atoms with E-state index in [1.807, 2.05) is 42.5 Å². The first-order chi connectivity index (χ1) is 13.0. The maximum absolute atomic E-state index is 13.3. The Labute approximate surface area is 170 Å². The molecule has 0 unspecified atom stereocenters. The highest BCUT2D eigenvalue weighted by Crippen LogP contribution is 2.27. The Morgan fingerprint density at radius 3 is 2.41 bits per heavy atom. The molecule has 1 fully saturated rings. The highest BCUT2D eigenvalue weighted by atomic mass is 79.9. The van der Waals surface area contributed by atoms with Crippen molar-refractivity contribution < 1.29 is 0 Å². The maximum atomic E-state index is 13.3. The number of fused-ring (bicyclic) bond motifs is 1. The molecule has 1 saturated carbocycles. The van der Waals surface area contributed by atoms with E-state index in [0.29, 0.717) is 22.5 Å². The van der Waals surface area contributed by atoms with Crippen molar-refractivity contribution in [2.75, 3.05) is 0 Å². The van der Waals surface area contributed by atoms with Crippen molar-refractivity contribution in [1.29, 1.82) is 0 Å². The van der Waals surface area contributed by atoms with Crippen molar-refractivity contribution in [2.45, 2.75) is 44.7 Å². The Bertz CT molecular complexity index is 1100. The van der Waals surface area contributed by atoms with Crippen LogP contribution in [0.4, 0.5) is 0 Å². The third-order valence-electron chi connectivity index (χ3n) is 5.33. The summed E-state index contributed by atoms with van der Waals surface area (Å²) < 4.78 is 4.03. The van der Waals surface area contributed by atoms with E-state index >= 15 is 0 Å². The molecule has 27 heavy (non-hydrogen) atoms. The lowest BCUT2D eigenvalue weighted by Crippen LogP contribution is -2.43. The average molecular weight is 448 g/mol. The van der Waals surface area contributed by atoms with E-state index in [9.17, 15) is 9.59 Å². The first-order valence-corrected chi connectivity index (χ1v) is 10.4. The van der Waals surface area contributed by atoms with E-state index in [1.54, 1.807) is 4.57 Å². The molecule has 0 radical (unpaired) electrons. The van der Waals surface area contributed by atoms with Crippen LogP contribution in [0, 0.1) is 0 Å². The molecule has 2 aromatic carbocycles. The molecule has 1 aliphatic rings. The second-order valence-corrected chi connectivity index (χ2v) is 8.48. The van der Waals surface area contributed by atoms with Crippen molar-refractivity contribution in [2.24, 2.45) is 0 Å². The monoisotopic (exact) mass is 446 g/mol. The van der Waals surface area contributed by atoms with Gasteiger partial charge in [-0.3, -0.25) is 13.9 Å². The Hall–Kier alpha value is -1.85. The van der Waals surface area contributed by atoms with Gasteiger partial charge in [-0.2, -0.15) is 0 Å². The van der Waals surface area contributed by atoms with Gasteiger partial charge >= 0.3 is 5.69 Å². The fourth-order valence-electron chi connectivity index (χ4n) is 3.95. The van der Waals surface area contributed by atoms with Gasteiger partial charge in [0.15, 0.2) is 0 Å². The smallest absolute Gasteiger partial charge is 0.289 e. The highest BCUT2D eigenvalue weighted by Gasteiger charge is 2.22. The SMILES string of the molecule is O=c1c2cc(Br)ccc2n(Cc2ccc(Cl)cc2)c(=O)n1C1CCCCC1. The summed E-state index contributed by atoms with van der Waals surface area (Å²) in [7, 11) is 0. The minimum atomic E-state index is -0.225. The molecule has 4 rings (SSSR count). The Kier molecular flexibility index (Phi) is 5.24. The van der Waals surface area contributed by atoms with Gasteiger partial charge in [-0.25, -0.2) is 4.79 Å². The van der Waals surface area contributed by atoms with E-state index in [1.165, 1.54) is 11.0 Å². The van der Waals surface area contributed by atoms with E-state index in [0.717, 1.165) is 35.7 Å². The number of nitrogens with zero attached hydrogens (tertiary/aromatic N) is 2. The number of hydrogen-bond donors (Lipinski definition) is 0. The van der Waals surface area contributed by atoms with Gasteiger partial charge in [0.05, 0.1) is 17.4 Å². The lowest BCUT2D eigenvalue weighted by molar-refractivity contribution is 0.333. The van der Waals surface area contributed by atoms with Gasteiger partial charge < -0.3 is 0 Å². The van der Waals surface area contributed by atoms with Gasteiger partial charge in [0.2, 0.25) is 0 Å². The van der Waals surface area contributed by atoms with Gasteiger partial charge in [-0.15, -0.1) is 0 Å². The Morgan fingerprint density at radius 2 is 1.70 bits per heavy atom. The molecule has 140 valence electrons. The fourth-order valence-corrected chi connectivity index (χ4v) is 4.44. The zero-order chi connectivity index (χ0) is 19.0. The number of hydrogen-bond acceptors (Lipinski definition) is 2. The molecule has 1 heterocycles. The molecular formula is C21H20BrClN2O2. The van der Waals surface area contributed by atoms with Crippen molar-refractivity contribution >= 4 is 38.4 Å². The van der Waals surface area contributed by atoms with E-state index in [4.69, 9.17) is 11.6 Å². The van der Waals surface area contributed by atoms with E-state index in [-0.39, 0.29) is 17.3 Å². The molecular weight excluding hydrogens is 428 g/mol. The van der Waals surface area contributed by atoms with Gasteiger partial charge in [-0.05, 0) is 48.7 Å². The predicted octanol–water partition coefficient (Wildman–Crippen LogP) is 5.13. The first-order valence-electron chi connectivity index (χ1n) is 9.23. The number of benzene rings is 2. The third-order valence-corrected chi connectivity index (χ3v) is 6.07. The van der Waals surface area contributed by atoms with Gasteiger partial charge in [-0.1, -0.05) is 58.9 Å². The topological polar surface area (TPSA) is 44.0 Å². The van der Waals surface area contributed by atoms with Crippen LogP contribution in [-0.2, 0) is 6.54 Å². The summed E-state index contributed by atoms with van der Waals surface area (Å²) in [5.74, 6) is 0. The summed E-state index contributed by atoms with van der Waals surface area (Å²) in [6, 6.07) is 13.0. The van der Waals surface area contributed by atoms with Crippen LogP contribution < -0.4 is 11.2 Å². The van der Waals surface area contributed by atoms with Gasteiger partial charge in [0.1, 0.15) is 0 Å². The van der Waals surface area contributed by atoms with Gasteiger partial charge in [0, 0.05) is 15.5 Å².